The van der Waals surface area contributed by atoms with Gasteiger partial charge in [0.2, 0.25) is 0 Å². The van der Waals surface area contributed by atoms with E-state index >= 15 is 0 Å². The zero-order chi connectivity index (χ0) is 13.5. The monoisotopic (exact) mass is 319 g/mol. The lowest BCUT2D eigenvalue weighted by molar-refractivity contribution is 0.0590. The summed E-state index contributed by atoms with van der Waals surface area (Å²) in [5.41, 5.74) is 1.00. The van der Waals surface area contributed by atoms with Gasteiger partial charge in [-0.15, -0.1) is 0 Å². The van der Waals surface area contributed by atoms with E-state index < -0.39 is 6.10 Å². The van der Waals surface area contributed by atoms with E-state index in [1.54, 1.807) is 19.2 Å². The van der Waals surface area contributed by atoms with Crippen LogP contribution in [-0.2, 0) is 4.74 Å². The molecule has 18 heavy (non-hydrogen) atoms. The van der Waals surface area contributed by atoms with Crippen LogP contribution in [0, 0.1) is 5.82 Å². The van der Waals surface area contributed by atoms with Crippen LogP contribution in [0.1, 0.15) is 24.9 Å². The second kappa shape index (κ2) is 7.84. The summed E-state index contributed by atoms with van der Waals surface area (Å²) in [6.07, 6.45) is 0.176. The number of aliphatic hydroxyl groups excluding tert-OH is 1. The van der Waals surface area contributed by atoms with Crippen molar-refractivity contribution in [1.82, 2.24) is 5.32 Å². The highest BCUT2D eigenvalue weighted by Gasteiger charge is 2.09. The summed E-state index contributed by atoms with van der Waals surface area (Å²) in [5, 5.41) is 12.8. The predicted octanol–water partition coefficient (Wildman–Crippen LogP) is 2.64. The molecule has 0 aliphatic rings. The first-order valence-corrected chi connectivity index (χ1v) is 6.69. The molecule has 2 atom stereocenters. The molecule has 0 spiro atoms. The number of nitrogens with one attached hydrogen (secondary N) is 1. The molecular weight excluding hydrogens is 301 g/mol. The van der Waals surface area contributed by atoms with Gasteiger partial charge in [0.1, 0.15) is 5.82 Å². The number of benzene rings is 1. The van der Waals surface area contributed by atoms with Crippen molar-refractivity contribution in [2.24, 2.45) is 0 Å². The first-order chi connectivity index (χ1) is 8.54. The van der Waals surface area contributed by atoms with E-state index in [0.717, 1.165) is 5.56 Å². The molecular formula is C13H19BrFNO2. The molecule has 0 saturated carbocycles. The van der Waals surface area contributed by atoms with Gasteiger partial charge in [-0.2, -0.15) is 0 Å². The Labute approximate surface area is 115 Å². The summed E-state index contributed by atoms with van der Waals surface area (Å²) in [5.74, 6) is -0.263. The van der Waals surface area contributed by atoms with Crippen molar-refractivity contribution in [2.75, 3.05) is 20.3 Å². The van der Waals surface area contributed by atoms with E-state index in [9.17, 15) is 9.50 Å². The molecule has 3 nitrogen and oxygen atoms in total. The van der Waals surface area contributed by atoms with Gasteiger partial charge >= 0.3 is 0 Å². The Balaban J connectivity index is 2.40. The lowest BCUT2D eigenvalue weighted by Crippen LogP contribution is -2.25. The fraction of sp³-hybridized carbons (Fsp3) is 0.538. The second-order valence-corrected chi connectivity index (χ2v) is 5.10. The van der Waals surface area contributed by atoms with Crippen LogP contribution in [0.5, 0.6) is 0 Å². The zero-order valence-electron chi connectivity index (χ0n) is 10.6. The lowest BCUT2D eigenvalue weighted by Gasteiger charge is -2.16. The first-order valence-electron chi connectivity index (χ1n) is 5.90. The Kier molecular flexibility index (Phi) is 6.78. The van der Waals surface area contributed by atoms with Crippen molar-refractivity contribution in [3.63, 3.8) is 0 Å². The molecule has 0 heterocycles. The van der Waals surface area contributed by atoms with Gasteiger partial charge in [-0.25, -0.2) is 4.39 Å². The predicted molar refractivity (Wildman–Crippen MR) is 73.0 cm³/mol. The summed E-state index contributed by atoms with van der Waals surface area (Å²) >= 11 is 3.17. The Morgan fingerprint density at radius 3 is 2.83 bits per heavy atom. The van der Waals surface area contributed by atoms with E-state index in [0.29, 0.717) is 24.0 Å². The van der Waals surface area contributed by atoms with E-state index in [2.05, 4.69) is 21.2 Å². The molecule has 2 N–H and O–H groups in total. The molecule has 0 aromatic heterocycles. The van der Waals surface area contributed by atoms with Crippen LogP contribution >= 0.6 is 15.9 Å². The average molecular weight is 320 g/mol. The number of hydrogen-bond donors (Lipinski definition) is 2. The Morgan fingerprint density at radius 1 is 1.50 bits per heavy atom. The highest BCUT2D eigenvalue weighted by atomic mass is 79.9. The minimum atomic E-state index is -0.449. The molecule has 0 fully saturated rings. The second-order valence-electron chi connectivity index (χ2n) is 4.25. The van der Waals surface area contributed by atoms with Crippen molar-refractivity contribution in [3.05, 3.63) is 34.1 Å². The normalized spacial score (nSPS) is 14.5. The van der Waals surface area contributed by atoms with Crippen LogP contribution in [0.15, 0.2) is 22.7 Å². The van der Waals surface area contributed by atoms with Gasteiger partial charge in [-0.05, 0) is 53.5 Å². The number of aliphatic hydroxyl groups is 1. The SMILES string of the molecule is COCC(O)CCNC(C)c1ccc(F)c(Br)c1. The van der Waals surface area contributed by atoms with Gasteiger partial charge in [0.25, 0.3) is 0 Å². The molecule has 5 heteroatoms. The van der Waals surface area contributed by atoms with E-state index in [-0.39, 0.29) is 11.9 Å². The highest BCUT2D eigenvalue weighted by Crippen LogP contribution is 2.21. The molecule has 1 rings (SSSR count). The molecule has 0 amide bonds. The molecule has 0 saturated heterocycles. The number of methoxy groups -OCH3 is 1. The Hall–Kier alpha value is -0.490. The summed E-state index contributed by atoms with van der Waals surface area (Å²) < 4.78 is 18.4. The molecule has 0 bridgehead atoms. The van der Waals surface area contributed by atoms with Gasteiger partial charge in [0.15, 0.2) is 0 Å². The number of rotatable bonds is 7. The summed E-state index contributed by atoms with van der Waals surface area (Å²) in [4.78, 5) is 0. The van der Waals surface area contributed by atoms with Gasteiger partial charge in [-0.3, -0.25) is 0 Å². The summed E-state index contributed by atoms with van der Waals surface area (Å²) in [6.45, 7) is 3.03. The van der Waals surface area contributed by atoms with Crippen molar-refractivity contribution >= 4 is 15.9 Å². The largest absolute Gasteiger partial charge is 0.391 e. The number of halogens is 2. The van der Waals surface area contributed by atoms with Gasteiger partial charge in [0, 0.05) is 13.2 Å². The standard InChI is InChI=1S/C13H19BrFNO2/c1-9(16-6-5-11(17)8-18-2)10-3-4-13(15)12(14)7-10/h3-4,7,9,11,16-17H,5-6,8H2,1-2H3. The molecule has 102 valence electrons. The van der Waals surface area contributed by atoms with Crippen LogP contribution < -0.4 is 5.32 Å². The van der Waals surface area contributed by atoms with Gasteiger partial charge in [0.05, 0.1) is 17.2 Å². The Morgan fingerprint density at radius 2 is 2.22 bits per heavy atom. The van der Waals surface area contributed by atoms with Gasteiger partial charge in [-0.1, -0.05) is 6.07 Å². The maximum Gasteiger partial charge on any atom is 0.137 e. The lowest BCUT2D eigenvalue weighted by atomic mass is 10.1. The molecule has 1 aromatic rings. The third kappa shape index (κ3) is 5.02. The van der Waals surface area contributed by atoms with Gasteiger partial charge < -0.3 is 15.2 Å². The molecule has 0 aliphatic heterocycles. The van der Waals surface area contributed by atoms with Crippen molar-refractivity contribution in [1.29, 1.82) is 0 Å². The van der Waals surface area contributed by atoms with Crippen molar-refractivity contribution in [3.8, 4) is 0 Å². The van der Waals surface area contributed by atoms with E-state index in [1.807, 2.05) is 6.92 Å². The smallest absolute Gasteiger partial charge is 0.137 e. The van der Waals surface area contributed by atoms with Crippen LogP contribution in [-0.4, -0.2) is 31.5 Å². The first kappa shape index (κ1) is 15.6. The fourth-order valence-corrected chi connectivity index (χ4v) is 2.04. The Bertz CT molecular complexity index is 376. The average Bonchev–Trinajstić information content (AvgIpc) is 2.33. The molecule has 1 aromatic carbocycles. The zero-order valence-corrected chi connectivity index (χ0v) is 12.2. The number of ether oxygens (including phenoxy) is 1. The highest BCUT2D eigenvalue weighted by molar-refractivity contribution is 9.10. The quantitative estimate of drug-likeness (QED) is 0.811. The van der Waals surface area contributed by atoms with Crippen molar-refractivity contribution in [2.45, 2.75) is 25.5 Å². The third-order valence-corrected chi connectivity index (χ3v) is 3.34. The van der Waals surface area contributed by atoms with Crippen LogP contribution in [0.2, 0.25) is 0 Å². The number of hydrogen-bond acceptors (Lipinski definition) is 3. The van der Waals surface area contributed by atoms with Crippen LogP contribution in [0.4, 0.5) is 4.39 Å². The minimum absolute atomic E-state index is 0.108. The summed E-state index contributed by atoms with van der Waals surface area (Å²) in [6, 6.07) is 5.07. The minimum Gasteiger partial charge on any atom is -0.391 e. The van der Waals surface area contributed by atoms with Crippen LogP contribution in [0.3, 0.4) is 0 Å². The van der Waals surface area contributed by atoms with E-state index in [4.69, 9.17) is 4.74 Å². The van der Waals surface area contributed by atoms with E-state index in [1.165, 1.54) is 6.07 Å². The van der Waals surface area contributed by atoms with Crippen LogP contribution in [0.25, 0.3) is 0 Å². The maximum absolute atomic E-state index is 13.1. The maximum atomic E-state index is 13.1. The molecule has 2 unspecified atom stereocenters. The topological polar surface area (TPSA) is 41.5 Å². The van der Waals surface area contributed by atoms with Crippen molar-refractivity contribution < 1.29 is 14.2 Å². The summed E-state index contributed by atoms with van der Waals surface area (Å²) in [7, 11) is 1.56. The fourth-order valence-electron chi connectivity index (χ4n) is 1.64. The third-order valence-electron chi connectivity index (χ3n) is 2.73. The molecule has 0 aliphatic carbocycles. The molecule has 0 radical (unpaired) electrons.